The van der Waals surface area contributed by atoms with Crippen molar-refractivity contribution in [2.75, 3.05) is 6.54 Å². The average Bonchev–Trinajstić information content (AvgIpc) is 2.87. The van der Waals surface area contributed by atoms with Gasteiger partial charge in [0.2, 0.25) is 5.89 Å². The Morgan fingerprint density at radius 1 is 1.35 bits per heavy atom. The topological polar surface area (TPSA) is 94.1 Å². The van der Waals surface area contributed by atoms with Gasteiger partial charge in [-0.2, -0.15) is 0 Å². The van der Waals surface area contributed by atoms with Gasteiger partial charge in [0.15, 0.2) is 0 Å². The molecule has 0 fully saturated rings. The lowest BCUT2D eigenvalue weighted by atomic mass is 10.2. The van der Waals surface area contributed by atoms with Crippen molar-refractivity contribution in [2.45, 2.75) is 26.3 Å². The summed E-state index contributed by atoms with van der Waals surface area (Å²) in [6.45, 7) is 4.81. The van der Waals surface area contributed by atoms with E-state index in [0.717, 1.165) is 6.54 Å². The molecule has 0 aliphatic rings. The van der Waals surface area contributed by atoms with Gasteiger partial charge in [-0.05, 0) is 6.07 Å². The van der Waals surface area contributed by atoms with Gasteiger partial charge in [-0.25, -0.2) is 0 Å². The molecule has 1 heterocycles. The fourth-order valence-corrected chi connectivity index (χ4v) is 1.74. The van der Waals surface area contributed by atoms with Crippen molar-refractivity contribution in [1.29, 1.82) is 0 Å². The zero-order chi connectivity index (χ0) is 14.5. The number of para-hydroxylation sites is 1. The van der Waals surface area contributed by atoms with Gasteiger partial charge < -0.3 is 9.73 Å². The number of hydrogen-bond donors (Lipinski definition) is 1. The molecule has 0 saturated heterocycles. The molecule has 20 heavy (non-hydrogen) atoms. The molecule has 7 nitrogen and oxygen atoms in total. The van der Waals surface area contributed by atoms with Crippen LogP contribution in [0.15, 0.2) is 28.7 Å². The van der Waals surface area contributed by atoms with E-state index < -0.39 is 4.92 Å². The van der Waals surface area contributed by atoms with Crippen LogP contribution in [0.2, 0.25) is 0 Å². The number of hydrogen-bond acceptors (Lipinski definition) is 6. The summed E-state index contributed by atoms with van der Waals surface area (Å²) in [5, 5.41) is 22.0. The Morgan fingerprint density at radius 2 is 2.10 bits per heavy atom. The fourth-order valence-electron chi connectivity index (χ4n) is 1.74. The van der Waals surface area contributed by atoms with Crippen molar-refractivity contribution in [3.05, 3.63) is 40.3 Å². The van der Waals surface area contributed by atoms with Crippen LogP contribution in [0.4, 0.5) is 5.69 Å². The summed E-state index contributed by atoms with van der Waals surface area (Å²) in [5.41, 5.74) is 0.302. The minimum atomic E-state index is -0.459. The van der Waals surface area contributed by atoms with Gasteiger partial charge in [0, 0.05) is 25.1 Å². The largest absolute Gasteiger partial charge is 0.420 e. The van der Waals surface area contributed by atoms with Crippen LogP contribution in [-0.2, 0) is 6.42 Å². The molecule has 0 amide bonds. The molecule has 7 heteroatoms. The summed E-state index contributed by atoms with van der Waals surface area (Å²) in [6.07, 6.45) is 0.589. The zero-order valence-electron chi connectivity index (χ0n) is 11.4. The van der Waals surface area contributed by atoms with Crippen LogP contribution in [0.5, 0.6) is 0 Å². The first-order valence-corrected chi connectivity index (χ1v) is 6.37. The maximum absolute atomic E-state index is 11.0. The molecule has 1 aromatic heterocycles. The number of benzene rings is 1. The Morgan fingerprint density at radius 3 is 2.80 bits per heavy atom. The normalized spacial score (nSPS) is 10.9. The maximum atomic E-state index is 11.0. The predicted molar refractivity (Wildman–Crippen MR) is 73.2 cm³/mol. The third-order valence-electron chi connectivity index (χ3n) is 2.69. The minimum Gasteiger partial charge on any atom is -0.420 e. The van der Waals surface area contributed by atoms with E-state index in [2.05, 4.69) is 15.5 Å². The van der Waals surface area contributed by atoms with Crippen molar-refractivity contribution < 1.29 is 9.34 Å². The lowest BCUT2D eigenvalue weighted by Gasteiger charge is -2.04. The first kappa shape index (κ1) is 14.1. The van der Waals surface area contributed by atoms with Gasteiger partial charge in [-0.3, -0.25) is 10.1 Å². The Labute approximate surface area is 116 Å². The third-order valence-corrected chi connectivity index (χ3v) is 2.69. The molecular formula is C13H16N4O3. The molecule has 1 N–H and O–H groups in total. The molecule has 0 aliphatic carbocycles. The molecule has 0 atom stereocenters. The first-order valence-electron chi connectivity index (χ1n) is 6.37. The standard InChI is InChI=1S/C13H16N4O3/c1-9(2)14-8-7-12-15-16-13(20-12)10-5-3-4-6-11(10)17(18)19/h3-6,9,14H,7-8H2,1-2H3. The van der Waals surface area contributed by atoms with E-state index in [1.807, 2.05) is 13.8 Å². The highest BCUT2D eigenvalue weighted by molar-refractivity contribution is 5.66. The van der Waals surface area contributed by atoms with Crippen molar-refractivity contribution in [3.63, 3.8) is 0 Å². The second-order valence-corrected chi connectivity index (χ2v) is 4.63. The second-order valence-electron chi connectivity index (χ2n) is 4.63. The molecule has 2 aromatic rings. The van der Waals surface area contributed by atoms with Crippen LogP contribution in [0.3, 0.4) is 0 Å². The van der Waals surface area contributed by atoms with E-state index in [1.165, 1.54) is 6.07 Å². The van der Waals surface area contributed by atoms with Crippen LogP contribution in [0, 0.1) is 10.1 Å². The Bertz CT molecular complexity index is 595. The smallest absolute Gasteiger partial charge is 0.282 e. The number of nitrogens with one attached hydrogen (secondary N) is 1. The van der Waals surface area contributed by atoms with Crippen molar-refractivity contribution in [3.8, 4) is 11.5 Å². The monoisotopic (exact) mass is 276 g/mol. The zero-order valence-corrected chi connectivity index (χ0v) is 11.4. The van der Waals surface area contributed by atoms with Gasteiger partial charge in [0.05, 0.1) is 4.92 Å². The van der Waals surface area contributed by atoms with E-state index >= 15 is 0 Å². The van der Waals surface area contributed by atoms with E-state index in [1.54, 1.807) is 18.2 Å². The maximum Gasteiger partial charge on any atom is 0.282 e. The summed E-state index contributed by atoms with van der Waals surface area (Å²) in [7, 11) is 0. The summed E-state index contributed by atoms with van der Waals surface area (Å²) < 4.78 is 5.48. The van der Waals surface area contributed by atoms with Crippen LogP contribution >= 0.6 is 0 Å². The van der Waals surface area contributed by atoms with Gasteiger partial charge >= 0.3 is 0 Å². The lowest BCUT2D eigenvalue weighted by Crippen LogP contribution is -2.25. The molecule has 0 spiro atoms. The highest BCUT2D eigenvalue weighted by Crippen LogP contribution is 2.28. The molecule has 0 saturated carbocycles. The summed E-state index contributed by atoms with van der Waals surface area (Å²) in [6, 6.07) is 6.70. The van der Waals surface area contributed by atoms with Crippen molar-refractivity contribution >= 4 is 5.69 Å². The number of nitro benzene ring substituents is 1. The van der Waals surface area contributed by atoms with Gasteiger partial charge in [-0.1, -0.05) is 26.0 Å². The summed E-state index contributed by atoms with van der Waals surface area (Å²) >= 11 is 0. The predicted octanol–water partition coefficient (Wildman–Crippen LogP) is 2.19. The SMILES string of the molecule is CC(C)NCCc1nnc(-c2ccccc2[N+](=O)[O-])o1. The average molecular weight is 276 g/mol. The highest BCUT2D eigenvalue weighted by atomic mass is 16.6. The number of aromatic nitrogens is 2. The van der Waals surface area contributed by atoms with Crippen LogP contribution in [0.25, 0.3) is 11.5 Å². The van der Waals surface area contributed by atoms with E-state index in [9.17, 15) is 10.1 Å². The Kier molecular flexibility index (Phi) is 4.41. The number of nitro groups is 1. The molecule has 2 rings (SSSR count). The van der Waals surface area contributed by atoms with Crippen LogP contribution in [-0.4, -0.2) is 27.7 Å². The molecule has 0 bridgehead atoms. The first-order chi connectivity index (χ1) is 9.58. The quantitative estimate of drug-likeness (QED) is 0.642. The van der Waals surface area contributed by atoms with E-state index in [4.69, 9.17) is 4.42 Å². The van der Waals surface area contributed by atoms with Gasteiger partial charge in [0.1, 0.15) is 5.56 Å². The lowest BCUT2D eigenvalue weighted by molar-refractivity contribution is -0.384. The van der Waals surface area contributed by atoms with E-state index in [0.29, 0.717) is 23.9 Å². The Balaban J connectivity index is 2.15. The minimum absolute atomic E-state index is 0.0389. The van der Waals surface area contributed by atoms with Crippen LogP contribution < -0.4 is 5.32 Å². The third kappa shape index (κ3) is 3.39. The molecule has 1 aromatic carbocycles. The van der Waals surface area contributed by atoms with Crippen LogP contribution in [0.1, 0.15) is 19.7 Å². The number of rotatable bonds is 6. The molecular weight excluding hydrogens is 260 g/mol. The second kappa shape index (κ2) is 6.25. The Hall–Kier alpha value is -2.28. The summed E-state index contributed by atoms with van der Waals surface area (Å²) in [5.74, 6) is 0.642. The molecule has 0 unspecified atom stereocenters. The van der Waals surface area contributed by atoms with E-state index in [-0.39, 0.29) is 11.6 Å². The molecule has 106 valence electrons. The fraction of sp³-hybridized carbons (Fsp3) is 0.385. The van der Waals surface area contributed by atoms with Crippen molar-refractivity contribution in [2.24, 2.45) is 0 Å². The molecule has 0 aliphatic heterocycles. The number of nitrogens with zero attached hydrogens (tertiary/aromatic N) is 3. The summed E-state index contributed by atoms with van der Waals surface area (Å²) in [4.78, 5) is 10.5. The highest BCUT2D eigenvalue weighted by Gasteiger charge is 2.19. The molecule has 0 radical (unpaired) electrons. The van der Waals surface area contributed by atoms with Gasteiger partial charge in [0.25, 0.3) is 11.6 Å². The van der Waals surface area contributed by atoms with Gasteiger partial charge in [-0.15, -0.1) is 10.2 Å². The van der Waals surface area contributed by atoms with Crippen molar-refractivity contribution in [1.82, 2.24) is 15.5 Å².